The first kappa shape index (κ1) is 9.80. The van der Waals surface area contributed by atoms with Gasteiger partial charge in [-0.15, -0.1) is 0 Å². The second kappa shape index (κ2) is 3.62. The van der Waals surface area contributed by atoms with Crippen LogP contribution in [-0.2, 0) is 14.4 Å². The molecule has 1 aliphatic rings. The van der Waals surface area contributed by atoms with E-state index in [1.807, 2.05) is 0 Å². The van der Waals surface area contributed by atoms with E-state index in [9.17, 15) is 4.79 Å². The van der Waals surface area contributed by atoms with Crippen LogP contribution in [0.5, 0.6) is 0 Å². The number of nitrogens with one attached hydrogen (secondary N) is 1. The minimum Gasteiger partial charge on any atom is -0.461 e. The van der Waals surface area contributed by atoms with Crippen LogP contribution in [0.1, 0.15) is 13.8 Å². The van der Waals surface area contributed by atoms with Crippen LogP contribution in [0.25, 0.3) is 0 Å². The zero-order valence-corrected chi connectivity index (χ0v) is 7.79. The molecule has 0 amide bonds. The summed E-state index contributed by atoms with van der Waals surface area (Å²) in [5.41, 5.74) is 2.20. The molecule has 0 spiro atoms. The highest BCUT2D eigenvalue weighted by Gasteiger charge is 2.29. The Kier molecular flexibility index (Phi) is 2.72. The topological polar surface area (TPSA) is 47.6 Å². The number of esters is 1. The maximum Gasteiger partial charge on any atom is 0.356 e. The zero-order chi connectivity index (χ0) is 9.90. The largest absolute Gasteiger partial charge is 0.461 e. The summed E-state index contributed by atoms with van der Waals surface area (Å²) in [4.78, 5) is 16.3. The van der Waals surface area contributed by atoms with Crippen LogP contribution in [0.2, 0.25) is 0 Å². The molecule has 0 saturated carbocycles. The third kappa shape index (κ3) is 2.09. The smallest absolute Gasteiger partial charge is 0.356 e. The van der Waals surface area contributed by atoms with Crippen molar-refractivity contribution in [3.8, 4) is 0 Å². The standard InChI is InChI=1S/C9H13NO3/c1-4-9(3)6-7(10-13-9)8(11)12-5-2/h4,6,10H,1,5H2,2-3H3. The molecule has 0 aromatic carbocycles. The van der Waals surface area contributed by atoms with Crippen molar-refractivity contribution in [1.29, 1.82) is 0 Å². The Hall–Kier alpha value is -1.29. The van der Waals surface area contributed by atoms with Crippen LogP contribution in [0.4, 0.5) is 0 Å². The molecule has 0 aliphatic carbocycles. The van der Waals surface area contributed by atoms with Crippen LogP contribution in [0.3, 0.4) is 0 Å². The molecule has 4 heteroatoms. The molecule has 1 rings (SSSR count). The highest BCUT2D eigenvalue weighted by molar-refractivity contribution is 5.88. The van der Waals surface area contributed by atoms with Crippen molar-refractivity contribution in [2.45, 2.75) is 19.4 Å². The fraction of sp³-hybridized carbons (Fsp3) is 0.444. The fourth-order valence-corrected chi connectivity index (χ4v) is 0.920. The summed E-state index contributed by atoms with van der Waals surface area (Å²) in [6, 6.07) is 0. The average molecular weight is 183 g/mol. The zero-order valence-electron chi connectivity index (χ0n) is 7.79. The van der Waals surface area contributed by atoms with E-state index < -0.39 is 11.6 Å². The van der Waals surface area contributed by atoms with Gasteiger partial charge in [0.2, 0.25) is 0 Å². The summed E-state index contributed by atoms with van der Waals surface area (Å²) >= 11 is 0. The Labute approximate surface area is 77.2 Å². The first-order chi connectivity index (χ1) is 6.11. The maximum absolute atomic E-state index is 11.2. The summed E-state index contributed by atoms with van der Waals surface area (Å²) in [6.07, 6.45) is 3.24. The number of hydroxylamine groups is 1. The van der Waals surface area contributed by atoms with E-state index in [1.54, 1.807) is 26.0 Å². The molecule has 1 atom stereocenters. The van der Waals surface area contributed by atoms with Gasteiger partial charge in [0.15, 0.2) is 0 Å². The summed E-state index contributed by atoms with van der Waals surface area (Å²) in [7, 11) is 0. The van der Waals surface area contributed by atoms with Gasteiger partial charge in [-0.2, -0.15) is 0 Å². The Balaban J connectivity index is 2.69. The summed E-state index contributed by atoms with van der Waals surface area (Å²) in [5, 5.41) is 0. The minimum atomic E-state index is -0.623. The lowest BCUT2D eigenvalue weighted by atomic mass is 10.1. The third-order valence-electron chi connectivity index (χ3n) is 1.71. The number of ether oxygens (including phenoxy) is 1. The molecule has 72 valence electrons. The van der Waals surface area contributed by atoms with Gasteiger partial charge in [-0.1, -0.05) is 12.7 Å². The van der Waals surface area contributed by atoms with Gasteiger partial charge in [0.1, 0.15) is 11.3 Å². The Bertz CT molecular complexity index is 260. The highest BCUT2D eigenvalue weighted by Crippen LogP contribution is 2.20. The predicted octanol–water partition coefficient (Wildman–Crippen LogP) is 0.913. The summed E-state index contributed by atoms with van der Waals surface area (Å²) in [6.45, 7) is 7.48. The van der Waals surface area contributed by atoms with Crippen molar-refractivity contribution in [3.05, 3.63) is 24.4 Å². The third-order valence-corrected chi connectivity index (χ3v) is 1.71. The Morgan fingerprint density at radius 3 is 3.08 bits per heavy atom. The lowest BCUT2D eigenvalue weighted by Gasteiger charge is -2.13. The summed E-state index contributed by atoms with van der Waals surface area (Å²) in [5.74, 6) is -0.409. The Morgan fingerprint density at radius 1 is 1.92 bits per heavy atom. The molecule has 0 aromatic rings. The van der Waals surface area contributed by atoms with Gasteiger partial charge in [0, 0.05) is 0 Å². The van der Waals surface area contributed by atoms with Crippen LogP contribution in [-0.4, -0.2) is 18.2 Å². The predicted molar refractivity (Wildman–Crippen MR) is 47.5 cm³/mol. The van der Waals surface area contributed by atoms with E-state index in [2.05, 4.69) is 12.1 Å². The van der Waals surface area contributed by atoms with Gasteiger partial charge in [0.05, 0.1) is 6.61 Å². The van der Waals surface area contributed by atoms with Crippen molar-refractivity contribution in [2.24, 2.45) is 0 Å². The van der Waals surface area contributed by atoms with Gasteiger partial charge in [-0.05, 0) is 19.9 Å². The molecular formula is C9H13NO3. The summed E-state index contributed by atoms with van der Waals surface area (Å²) < 4.78 is 4.78. The van der Waals surface area contributed by atoms with Crippen molar-refractivity contribution in [1.82, 2.24) is 5.48 Å². The van der Waals surface area contributed by atoms with Gasteiger partial charge < -0.3 is 4.74 Å². The van der Waals surface area contributed by atoms with Crippen molar-refractivity contribution in [3.63, 3.8) is 0 Å². The molecule has 0 radical (unpaired) electrons. The highest BCUT2D eigenvalue weighted by atomic mass is 16.7. The van der Waals surface area contributed by atoms with Crippen molar-refractivity contribution in [2.75, 3.05) is 6.61 Å². The molecule has 0 fully saturated rings. The van der Waals surface area contributed by atoms with Crippen LogP contribution >= 0.6 is 0 Å². The SMILES string of the molecule is C=CC1(C)C=C(C(=O)OCC)NO1. The number of carbonyl (C=O) groups is 1. The van der Waals surface area contributed by atoms with Crippen LogP contribution in [0.15, 0.2) is 24.4 Å². The lowest BCUT2D eigenvalue weighted by Crippen LogP contribution is -2.23. The average Bonchev–Trinajstić information content (AvgIpc) is 2.50. The molecule has 1 N–H and O–H groups in total. The number of rotatable bonds is 3. The first-order valence-electron chi connectivity index (χ1n) is 4.09. The van der Waals surface area contributed by atoms with Crippen LogP contribution in [0, 0.1) is 0 Å². The second-order valence-electron chi connectivity index (χ2n) is 2.87. The monoisotopic (exact) mass is 183 g/mol. The lowest BCUT2D eigenvalue weighted by molar-refractivity contribution is -0.140. The van der Waals surface area contributed by atoms with Crippen LogP contribution < -0.4 is 5.48 Å². The van der Waals surface area contributed by atoms with Gasteiger partial charge in [-0.3, -0.25) is 10.3 Å². The normalized spacial score (nSPS) is 26.2. The number of hydrogen-bond donors (Lipinski definition) is 1. The minimum absolute atomic E-state index is 0.323. The molecule has 1 unspecified atom stereocenters. The Morgan fingerprint density at radius 2 is 2.62 bits per heavy atom. The van der Waals surface area contributed by atoms with E-state index in [-0.39, 0.29) is 0 Å². The van der Waals surface area contributed by atoms with E-state index in [1.165, 1.54) is 0 Å². The second-order valence-corrected chi connectivity index (χ2v) is 2.87. The van der Waals surface area contributed by atoms with E-state index >= 15 is 0 Å². The molecule has 4 nitrogen and oxygen atoms in total. The maximum atomic E-state index is 11.2. The fourth-order valence-electron chi connectivity index (χ4n) is 0.920. The van der Waals surface area contributed by atoms with Gasteiger partial charge in [-0.25, -0.2) is 4.79 Å². The first-order valence-corrected chi connectivity index (χ1v) is 4.09. The molecule has 1 aliphatic heterocycles. The van der Waals surface area contributed by atoms with Crippen molar-refractivity contribution >= 4 is 5.97 Å². The van der Waals surface area contributed by atoms with Gasteiger partial charge >= 0.3 is 5.97 Å². The number of hydrogen-bond acceptors (Lipinski definition) is 4. The molecule has 0 saturated heterocycles. The number of carbonyl (C=O) groups excluding carboxylic acids is 1. The van der Waals surface area contributed by atoms with E-state index in [4.69, 9.17) is 9.57 Å². The molecule has 13 heavy (non-hydrogen) atoms. The quantitative estimate of drug-likeness (QED) is 0.522. The molecule has 1 heterocycles. The molecular weight excluding hydrogens is 170 g/mol. The van der Waals surface area contributed by atoms with Gasteiger partial charge in [0.25, 0.3) is 0 Å². The molecule has 0 aromatic heterocycles. The molecule has 0 bridgehead atoms. The van der Waals surface area contributed by atoms with E-state index in [0.717, 1.165) is 0 Å². The van der Waals surface area contributed by atoms with E-state index in [0.29, 0.717) is 12.3 Å². The van der Waals surface area contributed by atoms with Crippen molar-refractivity contribution < 1.29 is 14.4 Å².